The van der Waals surface area contributed by atoms with Crippen molar-refractivity contribution in [2.75, 3.05) is 6.61 Å². The molecule has 4 amide bonds. The molecule has 11 nitrogen and oxygen atoms in total. The number of nitrogens with zero attached hydrogens (tertiary/aromatic N) is 2. The number of amides is 4. The molecule has 264 valence electrons. The first-order valence-electron chi connectivity index (χ1n) is 16.9. The van der Waals surface area contributed by atoms with Crippen molar-refractivity contribution < 1.29 is 33.5 Å². The lowest BCUT2D eigenvalue weighted by atomic mass is 9.61. The molecule has 2 aromatic carbocycles. The second kappa shape index (κ2) is 14.1. The predicted octanol–water partition coefficient (Wildman–Crippen LogP) is 5.66. The molecule has 2 saturated heterocycles. The first-order valence-corrected chi connectivity index (χ1v) is 17.3. The Balaban J connectivity index is 1.42. The third-order valence-electron chi connectivity index (χ3n) is 9.66. The van der Waals surface area contributed by atoms with E-state index in [2.05, 4.69) is 10.8 Å². The number of hydrogen-bond donors (Lipinski definition) is 2. The van der Waals surface area contributed by atoms with Gasteiger partial charge < -0.3 is 19.6 Å². The molecular weight excluding hydrogens is 648 g/mol. The van der Waals surface area contributed by atoms with Crippen LogP contribution in [-0.4, -0.2) is 68.8 Å². The molecule has 1 aliphatic carbocycles. The van der Waals surface area contributed by atoms with E-state index in [-0.39, 0.29) is 30.7 Å². The molecule has 49 heavy (non-hydrogen) atoms. The minimum Gasteiger partial charge on any atom is -0.475 e. The van der Waals surface area contributed by atoms with Crippen LogP contribution in [0.15, 0.2) is 60.5 Å². The summed E-state index contributed by atoms with van der Waals surface area (Å²) in [6.07, 6.45) is 1.78. The number of aryl methyl sites for hydroxylation is 2. The third-order valence-corrected chi connectivity index (χ3v) is 10.2. The Kier molecular flexibility index (Phi) is 10.5. The number of ketones is 1. The van der Waals surface area contributed by atoms with Crippen molar-refractivity contribution in [1.29, 1.82) is 0 Å². The predicted molar refractivity (Wildman–Crippen MR) is 184 cm³/mol. The Morgan fingerprint density at radius 2 is 1.82 bits per heavy atom. The lowest BCUT2D eigenvalue weighted by Crippen LogP contribution is -2.85. The van der Waals surface area contributed by atoms with Crippen LogP contribution in [0, 0.1) is 19.3 Å². The van der Waals surface area contributed by atoms with Crippen LogP contribution in [0.5, 0.6) is 5.75 Å². The second-order valence-corrected chi connectivity index (χ2v) is 14.7. The summed E-state index contributed by atoms with van der Waals surface area (Å²) in [5.74, 6) is -0.896. The molecule has 3 aliphatic rings. The molecule has 12 heteroatoms. The highest BCUT2D eigenvalue weighted by atomic mass is 35.5. The summed E-state index contributed by atoms with van der Waals surface area (Å²) in [5, 5.41) is 2.69. The van der Waals surface area contributed by atoms with E-state index in [0.717, 1.165) is 27.7 Å². The van der Waals surface area contributed by atoms with Crippen LogP contribution in [0.2, 0.25) is 0 Å². The van der Waals surface area contributed by atoms with Gasteiger partial charge in [0.15, 0.2) is 5.78 Å². The van der Waals surface area contributed by atoms with E-state index >= 15 is 0 Å². The molecule has 0 bridgehead atoms. The van der Waals surface area contributed by atoms with Gasteiger partial charge in [0, 0.05) is 18.1 Å². The number of benzene rings is 2. The number of alkyl halides is 1. The SMILES string of the molecule is CCOC1C(=O)N(/C(=C\C(=O)C(C)(C)C)ONC2CC3(CCC2Cl)NC(=O)C3(CC)Oc2ccc(C)cc2C)C(=O)N1Cc1ccccc1. The fourth-order valence-electron chi connectivity index (χ4n) is 6.80. The van der Waals surface area contributed by atoms with Gasteiger partial charge >= 0.3 is 6.03 Å². The number of imide groups is 1. The van der Waals surface area contributed by atoms with E-state index in [4.69, 9.17) is 25.9 Å². The maximum absolute atomic E-state index is 13.9. The Labute approximate surface area is 293 Å². The van der Waals surface area contributed by atoms with Gasteiger partial charge in [-0.15, -0.1) is 11.6 Å². The molecule has 2 aromatic rings. The number of ether oxygens (including phenoxy) is 2. The zero-order valence-electron chi connectivity index (χ0n) is 29.3. The topological polar surface area (TPSA) is 127 Å². The fourth-order valence-corrected chi connectivity index (χ4v) is 7.05. The Morgan fingerprint density at radius 1 is 1.10 bits per heavy atom. The lowest BCUT2D eigenvalue weighted by molar-refractivity contribution is -0.178. The smallest absolute Gasteiger partial charge is 0.336 e. The van der Waals surface area contributed by atoms with Crippen LogP contribution in [0.25, 0.3) is 0 Å². The third kappa shape index (κ3) is 6.93. The van der Waals surface area contributed by atoms with Gasteiger partial charge in [-0.1, -0.05) is 75.7 Å². The van der Waals surface area contributed by atoms with Crippen molar-refractivity contribution in [3.63, 3.8) is 0 Å². The standard InChI is InChI=1S/C37H47ClN4O7/c1-8-37(48-28-16-15-23(3)19-24(28)4)33(45)39-36(37)18-17-26(38)27(21-36)40-49-30(20-29(43)35(5,6)7)42-31(44)32(47-9-2)41(34(42)46)22-25-13-11-10-12-14-25/h10-16,19-20,26-27,32,40H,8-9,17-18,21-22H2,1-7H3,(H,39,45)/b30-20+. The molecule has 1 saturated carbocycles. The molecular formula is C37H47ClN4O7. The van der Waals surface area contributed by atoms with Gasteiger partial charge in [0.05, 0.1) is 23.5 Å². The Bertz CT molecular complexity index is 1630. The molecule has 0 aromatic heterocycles. The van der Waals surface area contributed by atoms with Crippen molar-refractivity contribution >= 4 is 35.2 Å². The molecule has 5 rings (SSSR count). The normalized spacial score (nSPS) is 27.3. The van der Waals surface area contributed by atoms with Gasteiger partial charge in [0.25, 0.3) is 11.8 Å². The van der Waals surface area contributed by atoms with Crippen LogP contribution >= 0.6 is 11.6 Å². The fraction of sp³-hybridized carbons (Fsp3) is 0.514. The first kappa shape index (κ1) is 36.4. The van der Waals surface area contributed by atoms with Gasteiger partial charge in [0.1, 0.15) is 5.75 Å². The summed E-state index contributed by atoms with van der Waals surface area (Å²) in [4.78, 5) is 62.6. The number of rotatable bonds is 12. The van der Waals surface area contributed by atoms with Crippen molar-refractivity contribution in [1.82, 2.24) is 20.6 Å². The summed E-state index contributed by atoms with van der Waals surface area (Å²) in [5.41, 5.74) is 3.05. The van der Waals surface area contributed by atoms with E-state index in [0.29, 0.717) is 31.4 Å². The van der Waals surface area contributed by atoms with E-state index in [9.17, 15) is 19.2 Å². The molecule has 5 unspecified atom stereocenters. The molecule has 2 heterocycles. The number of halogens is 1. The van der Waals surface area contributed by atoms with Crippen molar-refractivity contribution in [2.24, 2.45) is 5.41 Å². The van der Waals surface area contributed by atoms with Crippen molar-refractivity contribution in [3.05, 3.63) is 77.2 Å². The van der Waals surface area contributed by atoms with E-state index in [1.165, 1.54) is 4.90 Å². The van der Waals surface area contributed by atoms with Gasteiger partial charge in [-0.2, -0.15) is 10.4 Å². The second-order valence-electron chi connectivity index (χ2n) is 14.1. The number of hydrogen-bond acceptors (Lipinski definition) is 8. The number of carbonyl (C=O) groups is 4. The van der Waals surface area contributed by atoms with Gasteiger partial charge in [-0.05, 0) is 63.6 Å². The average Bonchev–Trinajstić information content (AvgIpc) is 3.27. The van der Waals surface area contributed by atoms with Gasteiger partial charge in [-0.3, -0.25) is 19.3 Å². The van der Waals surface area contributed by atoms with Crippen LogP contribution in [0.1, 0.15) is 77.0 Å². The first-order chi connectivity index (χ1) is 23.2. The number of allylic oxidation sites excluding steroid dienone is 1. The maximum Gasteiger partial charge on any atom is 0.336 e. The monoisotopic (exact) mass is 694 g/mol. The minimum atomic E-state index is -1.22. The number of β-lactam (4-membered cyclic amide) rings is 1. The molecule has 1 spiro atoms. The highest BCUT2D eigenvalue weighted by Gasteiger charge is 2.69. The summed E-state index contributed by atoms with van der Waals surface area (Å²) in [6.45, 7) is 13.1. The average molecular weight is 695 g/mol. The molecule has 2 N–H and O–H groups in total. The van der Waals surface area contributed by atoms with E-state index < -0.39 is 46.1 Å². The molecule has 0 radical (unpaired) electrons. The van der Waals surface area contributed by atoms with Crippen LogP contribution < -0.4 is 15.5 Å². The molecule has 5 atom stereocenters. The number of carbonyl (C=O) groups excluding carboxylic acids is 4. The van der Waals surface area contributed by atoms with Crippen LogP contribution in [-0.2, 0) is 30.5 Å². The number of urea groups is 1. The maximum atomic E-state index is 13.9. The highest BCUT2D eigenvalue weighted by molar-refractivity contribution is 6.21. The summed E-state index contributed by atoms with van der Waals surface area (Å²) in [6, 6.07) is 13.8. The summed E-state index contributed by atoms with van der Waals surface area (Å²) in [7, 11) is 0. The zero-order valence-corrected chi connectivity index (χ0v) is 30.1. The molecule has 2 aliphatic heterocycles. The summed E-state index contributed by atoms with van der Waals surface area (Å²) < 4.78 is 12.3. The van der Waals surface area contributed by atoms with Gasteiger partial charge in [0.2, 0.25) is 17.7 Å². The number of hydroxylamine groups is 1. The summed E-state index contributed by atoms with van der Waals surface area (Å²) >= 11 is 6.87. The zero-order chi connectivity index (χ0) is 35.7. The van der Waals surface area contributed by atoms with Crippen LogP contribution in [0.3, 0.4) is 0 Å². The lowest BCUT2D eigenvalue weighted by Gasteiger charge is -2.60. The van der Waals surface area contributed by atoms with Crippen LogP contribution in [0.4, 0.5) is 4.79 Å². The highest BCUT2D eigenvalue weighted by Crippen LogP contribution is 2.49. The Hall–Kier alpha value is -3.93. The van der Waals surface area contributed by atoms with E-state index in [1.54, 1.807) is 27.7 Å². The molecule has 3 fully saturated rings. The quantitative estimate of drug-likeness (QED) is 0.0728. The van der Waals surface area contributed by atoms with E-state index in [1.807, 2.05) is 69.3 Å². The van der Waals surface area contributed by atoms with Crippen molar-refractivity contribution in [3.8, 4) is 5.75 Å². The number of nitrogens with one attached hydrogen (secondary N) is 2. The minimum absolute atomic E-state index is 0.106. The largest absolute Gasteiger partial charge is 0.475 e. The van der Waals surface area contributed by atoms with Gasteiger partial charge in [-0.25, -0.2) is 4.79 Å². The Morgan fingerprint density at radius 3 is 2.43 bits per heavy atom. The van der Waals surface area contributed by atoms with Crippen molar-refractivity contribution in [2.45, 2.75) is 109 Å².